The second-order valence-electron chi connectivity index (χ2n) is 5.53. The van der Waals surface area contributed by atoms with Gasteiger partial charge in [0.2, 0.25) is 11.6 Å². The molecule has 0 saturated heterocycles. The van der Waals surface area contributed by atoms with Crippen LogP contribution >= 0.6 is 0 Å². The van der Waals surface area contributed by atoms with E-state index in [1.165, 1.54) is 21.3 Å². The van der Waals surface area contributed by atoms with Crippen molar-refractivity contribution in [3.8, 4) is 23.0 Å². The zero-order valence-electron chi connectivity index (χ0n) is 15.4. The molecule has 0 N–H and O–H groups in total. The molecule has 0 aliphatic carbocycles. The Morgan fingerprint density at radius 1 is 0.926 bits per heavy atom. The number of hydrogen-bond acceptors (Lipinski definition) is 7. The van der Waals surface area contributed by atoms with Gasteiger partial charge >= 0.3 is 5.97 Å². The summed E-state index contributed by atoms with van der Waals surface area (Å²) < 4.78 is 26.4. The molecule has 0 radical (unpaired) electrons. The fourth-order valence-electron chi connectivity index (χ4n) is 2.63. The summed E-state index contributed by atoms with van der Waals surface area (Å²) in [6.45, 7) is 0. The van der Waals surface area contributed by atoms with Crippen LogP contribution in [-0.2, 0) is 9.53 Å². The minimum atomic E-state index is -0.540. The average Bonchev–Trinajstić information content (AvgIpc) is 3.07. The van der Waals surface area contributed by atoms with Crippen LogP contribution in [0.2, 0.25) is 0 Å². The largest absolute Gasteiger partial charge is 0.497 e. The van der Waals surface area contributed by atoms with Crippen molar-refractivity contribution in [2.24, 2.45) is 4.99 Å². The summed E-state index contributed by atoms with van der Waals surface area (Å²) >= 11 is 0. The lowest BCUT2D eigenvalue weighted by molar-refractivity contribution is -0.129. The second-order valence-corrected chi connectivity index (χ2v) is 5.53. The third-order valence-electron chi connectivity index (χ3n) is 3.93. The van der Waals surface area contributed by atoms with Crippen LogP contribution in [0.25, 0.3) is 6.08 Å². The summed E-state index contributed by atoms with van der Waals surface area (Å²) in [4.78, 5) is 16.5. The molecule has 7 nitrogen and oxygen atoms in total. The van der Waals surface area contributed by atoms with Crippen molar-refractivity contribution in [1.29, 1.82) is 0 Å². The summed E-state index contributed by atoms with van der Waals surface area (Å²) in [6, 6.07) is 10.6. The van der Waals surface area contributed by atoms with Gasteiger partial charge in [-0.05, 0) is 42.0 Å². The molecule has 3 rings (SSSR count). The highest BCUT2D eigenvalue weighted by molar-refractivity contribution is 6.13. The molecule has 1 aliphatic heterocycles. The molecule has 1 heterocycles. The van der Waals surface area contributed by atoms with E-state index in [2.05, 4.69) is 4.99 Å². The van der Waals surface area contributed by atoms with Crippen LogP contribution < -0.4 is 18.9 Å². The van der Waals surface area contributed by atoms with Crippen LogP contribution in [0.4, 0.5) is 0 Å². The lowest BCUT2D eigenvalue weighted by Crippen LogP contribution is -2.05. The molecule has 7 heteroatoms. The predicted molar refractivity (Wildman–Crippen MR) is 99.7 cm³/mol. The number of methoxy groups -OCH3 is 4. The van der Waals surface area contributed by atoms with Crippen LogP contribution in [0, 0.1) is 0 Å². The van der Waals surface area contributed by atoms with E-state index in [0.717, 1.165) is 0 Å². The first-order chi connectivity index (χ1) is 13.1. The predicted octanol–water partition coefficient (Wildman–Crippen LogP) is 3.07. The van der Waals surface area contributed by atoms with Crippen molar-refractivity contribution in [3.05, 3.63) is 53.2 Å². The molecule has 0 atom stereocenters. The Morgan fingerprint density at radius 3 is 2.22 bits per heavy atom. The molecule has 2 aromatic carbocycles. The highest BCUT2D eigenvalue weighted by atomic mass is 16.6. The lowest BCUT2D eigenvalue weighted by Gasteiger charge is -2.12. The molecule has 0 saturated carbocycles. The molecular formula is C20H19NO6. The fraction of sp³-hybridized carbons (Fsp3) is 0.200. The van der Waals surface area contributed by atoms with Gasteiger partial charge in [-0.25, -0.2) is 9.79 Å². The Kier molecular flexibility index (Phi) is 5.30. The molecule has 0 unspecified atom stereocenters. The summed E-state index contributed by atoms with van der Waals surface area (Å²) in [5.74, 6) is 1.75. The number of aliphatic imine (C=N–C) groups is 1. The summed E-state index contributed by atoms with van der Waals surface area (Å²) in [5.41, 5.74) is 1.48. The van der Waals surface area contributed by atoms with Crippen LogP contribution in [0.3, 0.4) is 0 Å². The maximum Gasteiger partial charge on any atom is 0.363 e. The third-order valence-corrected chi connectivity index (χ3v) is 3.93. The van der Waals surface area contributed by atoms with E-state index >= 15 is 0 Å². The zero-order chi connectivity index (χ0) is 19.4. The van der Waals surface area contributed by atoms with E-state index in [1.807, 2.05) is 0 Å². The number of cyclic esters (lactones) is 1. The van der Waals surface area contributed by atoms with E-state index in [0.29, 0.717) is 34.1 Å². The molecule has 0 spiro atoms. The van der Waals surface area contributed by atoms with Crippen LogP contribution in [0.15, 0.2) is 47.1 Å². The van der Waals surface area contributed by atoms with Crippen molar-refractivity contribution in [1.82, 2.24) is 0 Å². The molecule has 0 bridgehead atoms. The number of carbonyl (C=O) groups is 1. The van der Waals surface area contributed by atoms with E-state index in [4.69, 9.17) is 23.7 Å². The van der Waals surface area contributed by atoms with Gasteiger partial charge < -0.3 is 23.7 Å². The number of nitrogens with zero attached hydrogens (tertiary/aromatic N) is 1. The second kappa shape index (κ2) is 7.82. The van der Waals surface area contributed by atoms with Gasteiger partial charge in [-0.1, -0.05) is 6.07 Å². The fourth-order valence-corrected chi connectivity index (χ4v) is 2.63. The molecule has 0 amide bonds. The van der Waals surface area contributed by atoms with Crippen molar-refractivity contribution in [2.75, 3.05) is 28.4 Å². The van der Waals surface area contributed by atoms with Crippen LogP contribution in [0.1, 0.15) is 11.1 Å². The molecular weight excluding hydrogens is 350 g/mol. The third kappa shape index (κ3) is 3.72. The number of carbonyl (C=O) groups excluding carboxylic acids is 1. The molecule has 0 aromatic heterocycles. The highest BCUT2D eigenvalue weighted by Crippen LogP contribution is 2.39. The number of benzene rings is 2. The zero-order valence-corrected chi connectivity index (χ0v) is 15.4. The number of hydrogen-bond donors (Lipinski definition) is 0. The summed E-state index contributed by atoms with van der Waals surface area (Å²) in [7, 11) is 6.14. The summed E-state index contributed by atoms with van der Waals surface area (Å²) in [5, 5.41) is 0. The maximum atomic E-state index is 12.2. The minimum absolute atomic E-state index is 0.169. The van der Waals surface area contributed by atoms with E-state index < -0.39 is 5.97 Å². The average molecular weight is 369 g/mol. The van der Waals surface area contributed by atoms with E-state index in [9.17, 15) is 4.79 Å². The van der Waals surface area contributed by atoms with Gasteiger partial charge in [0, 0.05) is 5.56 Å². The van der Waals surface area contributed by atoms with Gasteiger partial charge in [0.15, 0.2) is 17.2 Å². The molecule has 0 fully saturated rings. The highest BCUT2D eigenvalue weighted by Gasteiger charge is 2.25. The topological polar surface area (TPSA) is 75.6 Å². The SMILES string of the molecule is COc1cccc(C2=N/C(=C\c3cc(OC)c(OC)c(OC)c3)C(=O)O2)c1. The Labute approximate surface area is 156 Å². The molecule has 140 valence electrons. The first-order valence-electron chi connectivity index (χ1n) is 8.06. The smallest absolute Gasteiger partial charge is 0.363 e. The van der Waals surface area contributed by atoms with Gasteiger partial charge in [-0.2, -0.15) is 0 Å². The van der Waals surface area contributed by atoms with Gasteiger partial charge in [-0.15, -0.1) is 0 Å². The Balaban J connectivity index is 1.99. The number of ether oxygens (including phenoxy) is 5. The monoisotopic (exact) mass is 369 g/mol. The minimum Gasteiger partial charge on any atom is -0.497 e. The van der Waals surface area contributed by atoms with Gasteiger partial charge in [-0.3, -0.25) is 0 Å². The van der Waals surface area contributed by atoms with E-state index in [1.54, 1.807) is 49.6 Å². The van der Waals surface area contributed by atoms with Crippen molar-refractivity contribution < 1.29 is 28.5 Å². The van der Waals surface area contributed by atoms with Gasteiger partial charge in [0.1, 0.15) is 5.75 Å². The number of rotatable bonds is 6. The Morgan fingerprint density at radius 2 is 1.63 bits per heavy atom. The first kappa shape index (κ1) is 18.3. The van der Waals surface area contributed by atoms with Gasteiger partial charge in [0.25, 0.3) is 0 Å². The Hall–Kier alpha value is -3.48. The van der Waals surface area contributed by atoms with Crippen molar-refractivity contribution in [3.63, 3.8) is 0 Å². The van der Waals surface area contributed by atoms with Crippen LogP contribution in [-0.4, -0.2) is 40.3 Å². The first-order valence-corrected chi connectivity index (χ1v) is 8.06. The summed E-state index contributed by atoms with van der Waals surface area (Å²) in [6.07, 6.45) is 1.60. The van der Waals surface area contributed by atoms with Crippen molar-refractivity contribution in [2.45, 2.75) is 0 Å². The van der Waals surface area contributed by atoms with Crippen molar-refractivity contribution >= 4 is 17.9 Å². The molecule has 1 aliphatic rings. The van der Waals surface area contributed by atoms with Gasteiger partial charge in [0.05, 0.1) is 28.4 Å². The standard InChI is InChI=1S/C20H19NO6/c1-23-14-7-5-6-13(11-14)19-21-15(20(22)27-19)8-12-9-16(24-2)18(26-4)17(10-12)25-3/h5-11H,1-4H3/b15-8-. The number of esters is 1. The molecule has 27 heavy (non-hydrogen) atoms. The normalized spacial score (nSPS) is 14.6. The molecule has 2 aromatic rings. The van der Waals surface area contributed by atoms with Crippen LogP contribution in [0.5, 0.6) is 23.0 Å². The lowest BCUT2D eigenvalue weighted by atomic mass is 10.1. The Bertz CT molecular complexity index is 907. The maximum absolute atomic E-state index is 12.2. The van der Waals surface area contributed by atoms with E-state index in [-0.39, 0.29) is 11.6 Å². The quantitative estimate of drug-likeness (QED) is 0.575.